The van der Waals surface area contributed by atoms with Crippen LogP contribution in [-0.2, 0) is 9.59 Å². The minimum Gasteiger partial charge on any atom is -0.326 e. The summed E-state index contributed by atoms with van der Waals surface area (Å²) in [7, 11) is 0. The monoisotopic (exact) mass is 261 g/mol. The van der Waals surface area contributed by atoms with E-state index in [1.54, 1.807) is 24.3 Å². The fourth-order valence-electron chi connectivity index (χ4n) is 2.17. The minimum absolute atomic E-state index is 0.0607. The Morgan fingerprint density at radius 3 is 2.11 bits per heavy atom. The normalized spacial score (nSPS) is 16.3. The van der Waals surface area contributed by atoms with Gasteiger partial charge in [0.25, 0.3) is 0 Å². The molecule has 0 aromatic heterocycles. The summed E-state index contributed by atoms with van der Waals surface area (Å²) in [5, 5.41) is 5.49. The Balaban J connectivity index is 1.88. The van der Waals surface area contributed by atoms with Crippen LogP contribution >= 0.6 is 0 Å². The van der Waals surface area contributed by atoms with Crippen molar-refractivity contribution in [2.45, 2.75) is 38.1 Å². The zero-order valence-corrected chi connectivity index (χ0v) is 11.0. The van der Waals surface area contributed by atoms with E-state index in [9.17, 15) is 9.59 Å². The second-order valence-corrected chi connectivity index (χ2v) is 5.20. The van der Waals surface area contributed by atoms with E-state index in [1.807, 2.05) is 0 Å². The fourth-order valence-corrected chi connectivity index (χ4v) is 2.17. The Hall–Kier alpha value is -1.88. The van der Waals surface area contributed by atoms with Gasteiger partial charge in [0.05, 0.1) is 0 Å². The van der Waals surface area contributed by atoms with E-state index in [4.69, 9.17) is 5.73 Å². The van der Waals surface area contributed by atoms with Gasteiger partial charge < -0.3 is 16.4 Å². The number of carbonyl (C=O) groups excluding carboxylic acids is 2. The highest BCUT2D eigenvalue weighted by Crippen LogP contribution is 2.32. The molecule has 1 aromatic carbocycles. The molecule has 0 bridgehead atoms. The maximum absolute atomic E-state index is 11.8. The summed E-state index contributed by atoms with van der Waals surface area (Å²) in [5.74, 6) is -0.179. The Bertz CT molecular complexity index is 478. The van der Waals surface area contributed by atoms with E-state index >= 15 is 0 Å². The van der Waals surface area contributed by atoms with Crippen LogP contribution in [0.15, 0.2) is 24.3 Å². The van der Waals surface area contributed by atoms with E-state index < -0.39 is 0 Å². The zero-order chi connectivity index (χ0) is 13.9. The smallest absolute Gasteiger partial charge is 0.226 e. The third kappa shape index (κ3) is 3.79. The van der Waals surface area contributed by atoms with Gasteiger partial charge in [0.15, 0.2) is 0 Å². The molecule has 1 fully saturated rings. The van der Waals surface area contributed by atoms with Gasteiger partial charge in [-0.3, -0.25) is 9.59 Å². The first kappa shape index (κ1) is 13.5. The van der Waals surface area contributed by atoms with Gasteiger partial charge in [-0.25, -0.2) is 0 Å². The molecule has 0 spiro atoms. The van der Waals surface area contributed by atoms with Crippen molar-refractivity contribution in [2.24, 2.45) is 5.73 Å². The number of amides is 2. The number of hydrogen-bond acceptors (Lipinski definition) is 3. The van der Waals surface area contributed by atoms with Crippen LogP contribution < -0.4 is 16.4 Å². The third-order valence-corrected chi connectivity index (χ3v) is 3.35. The number of hydrogen-bond donors (Lipinski definition) is 3. The molecule has 0 atom stereocenters. The Kier molecular flexibility index (Phi) is 3.85. The van der Waals surface area contributed by atoms with Crippen LogP contribution in [0.3, 0.4) is 0 Å². The molecule has 2 rings (SSSR count). The highest BCUT2D eigenvalue weighted by Gasteiger charge is 2.34. The van der Waals surface area contributed by atoms with Crippen LogP contribution in [0.25, 0.3) is 0 Å². The quantitative estimate of drug-likeness (QED) is 0.773. The lowest BCUT2D eigenvalue weighted by atomic mass is 9.75. The minimum atomic E-state index is -0.305. The molecule has 1 saturated carbocycles. The number of rotatable bonds is 4. The summed E-state index contributed by atoms with van der Waals surface area (Å²) < 4.78 is 0. The second-order valence-electron chi connectivity index (χ2n) is 5.20. The number of benzene rings is 1. The molecule has 4 N–H and O–H groups in total. The Morgan fingerprint density at radius 1 is 1.16 bits per heavy atom. The van der Waals surface area contributed by atoms with Crippen molar-refractivity contribution in [1.29, 1.82) is 0 Å². The van der Waals surface area contributed by atoms with Gasteiger partial charge in [-0.05, 0) is 43.5 Å². The first-order valence-corrected chi connectivity index (χ1v) is 6.43. The van der Waals surface area contributed by atoms with Gasteiger partial charge in [0.1, 0.15) is 0 Å². The van der Waals surface area contributed by atoms with Crippen molar-refractivity contribution >= 4 is 23.2 Å². The molecular weight excluding hydrogens is 242 g/mol. The molecule has 5 heteroatoms. The summed E-state index contributed by atoms with van der Waals surface area (Å²) >= 11 is 0. The topological polar surface area (TPSA) is 84.2 Å². The van der Waals surface area contributed by atoms with Crippen molar-refractivity contribution in [1.82, 2.24) is 0 Å². The molecule has 1 aliphatic carbocycles. The summed E-state index contributed by atoms with van der Waals surface area (Å²) in [6, 6.07) is 7.01. The number of nitrogens with one attached hydrogen (secondary N) is 2. The summed E-state index contributed by atoms with van der Waals surface area (Å²) in [6.45, 7) is 1.45. The molecule has 0 aliphatic heterocycles. The lowest BCUT2D eigenvalue weighted by Crippen LogP contribution is -2.48. The first-order chi connectivity index (χ1) is 8.97. The summed E-state index contributed by atoms with van der Waals surface area (Å²) in [5.41, 5.74) is 7.14. The van der Waals surface area contributed by atoms with Crippen LogP contribution in [0.4, 0.5) is 11.4 Å². The molecule has 5 nitrogen and oxygen atoms in total. The molecule has 1 aromatic rings. The molecule has 0 saturated heterocycles. The fraction of sp³-hybridized carbons (Fsp3) is 0.429. The van der Waals surface area contributed by atoms with Gasteiger partial charge in [-0.2, -0.15) is 0 Å². The Morgan fingerprint density at radius 2 is 1.68 bits per heavy atom. The average Bonchev–Trinajstić information content (AvgIpc) is 2.29. The molecule has 0 radical (unpaired) electrons. The Labute approximate surface area is 112 Å². The number of carbonyl (C=O) groups is 2. The number of anilines is 2. The maximum Gasteiger partial charge on any atom is 0.226 e. The second kappa shape index (κ2) is 5.40. The first-order valence-electron chi connectivity index (χ1n) is 6.43. The van der Waals surface area contributed by atoms with E-state index in [-0.39, 0.29) is 17.4 Å². The highest BCUT2D eigenvalue weighted by molar-refractivity contribution is 5.92. The largest absolute Gasteiger partial charge is 0.326 e. The van der Waals surface area contributed by atoms with Crippen LogP contribution in [0, 0.1) is 0 Å². The lowest BCUT2D eigenvalue weighted by molar-refractivity contribution is -0.118. The number of nitrogens with two attached hydrogens (primary N) is 1. The van der Waals surface area contributed by atoms with Gasteiger partial charge in [0, 0.05) is 30.3 Å². The molecule has 19 heavy (non-hydrogen) atoms. The van der Waals surface area contributed by atoms with E-state index in [0.717, 1.165) is 19.3 Å². The SMILES string of the molecule is CC(=O)Nc1ccc(NC(=O)CC2(N)CCC2)cc1. The average molecular weight is 261 g/mol. The van der Waals surface area contributed by atoms with Crippen LogP contribution in [0.5, 0.6) is 0 Å². The predicted molar refractivity (Wildman–Crippen MR) is 74.8 cm³/mol. The van der Waals surface area contributed by atoms with Crippen molar-refractivity contribution in [2.75, 3.05) is 10.6 Å². The molecule has 102 valence electrons. The zero-order valence-electron chi connectivity index (χ0n) is 11.0. The molecule has 1 aliphatic rings. The molecule has 0 unspecified atom stereocenters. The van der Waals surface area contributed by atoms with Crippen LogP contribution in [-0.4, -0.2) is 17.4 Å². The van der Waals surface area contributed by atoms with E-state index in [0.29, 0.717) is 17.8 Å². The predicted octanol–water partition coefficient (Wildman–Crippen LogP) is 1.85. The standard InChI is InChI=1S/C14H19N3O2/c1-10(18)16-11-3-5-12(6-4-11)17-13(19)9-14(15)7-2-8-14/h3-6H,2,7-9,15H2,1H3,(H,16,18)(H,17,19). The van der Waals surface area contributed by atoms with Gasteiger partial charge >= 0.3 is 0 Å². The van der Waals surface area contributed by atoms with Crippen molar-refractivity contribution in [3.05, 3.63) is 24.3 Å². The third-order valence-electron chi connectivity index (χ3n) is 3.35. The van der Waals surface area contributed by atoms with Gasteiger partial charge in [0.2, 0.25) is 11.8 Å². The molecular formula is C14H19N3O2. The van der Waals surface area contributed by atoms with E-state index in [2.05, 4.69) is 10.6 Å². The van der Waals surface area contributed by atoms with Gasteiger partial charge in [-0.1, -0.05) is 0 Å². The van der Waals surface area contributed by atoms with Crippen molar-refractivity contribution in [3.8, 4) is 0 Å². The van der Waals surface area contributed by atoms with Crippen molar-refractivity contribution in [3.63, 3.8) is 0 Å². The summed E-state index contributed by atoms with van der Waals surface area (Å²) in [4.78, 5) is 22.7. The van der Waals surface area contributed by atoms with Crippen LogP contribution in [0.2, 0.25) is 0 Å². The maximum atomic E-state index is 11.8. The highest BCUT2D eigenvalue weighted by atomic mass is 16.2. The van der Waals surface area contributed by atoms with Crippen LogP contribution in [0.1, 0.15) is 32.6 Å². The lowest BCUT2D eigenvalue weighted by Gasteiger charge is -2.37. The summed E-state index contributed by atoms with van der Waals surface area (Å²) in [6.07, 6.45) is 3.30. The molecule has 0 heterocycles. The van der Waals surface area contributed by atoms with Crippen molar-refractivity contribution < 1.29 is 9.59 Å². The van der Waals surface area contributed by atoms with E-state index in [1.165, 1.54) is 6.92 Å². The van der Waals surface area contributed by atoms with Gasteiger partial charge in [-0.15, -0.1) is 0 Å². The molecule has 2 amide bonds.